The number of carbonyl (C=O) groups excluding carboxylic acids is 1. The van der Waals surface area contributed by atoms with Gasteiger partial charge in [0.05, 0.1) is 15.0 Å². The van der Waals surface area contributed by atoms with E-state index in [0.717, 1.165) is 15.8 Å². The van der Waals surface area contributed by atoms with E-state index in [4.69, 9.17) is 0 Å². The number of carbonyl (C=O) groups is 1. The molecule has 19 heavy (non-hydrogen) atoms. The minimum absolute atomic E-state index is 0.0385. The number of rotatable bonds is 3. The molecule has 0 aliphatic rings. The number of benzene rings is 1. The molecule has 1 atom stereocenters. The number of thiazole rings is 1. The quantitative estimate of drug-likeness (QED) is 0.847. The van der Waals surface area contributed by atoms with E-state index >= 15 is 0 Å². The summed E-state index contributed by atoms with van der Waals surface area (Å²) in [5.74, 6) is 0.210. The maximum atomic E-state index is 12.0. The summed E-state index contributed by atoms with van der Waals surface area (Å²) < 4.78 is 1.11. The number of fused-ring (bicyclic) bond motifs is 1. The normalized spacial score (nSPS) is 12.9. The molecule has 0 aliphatic carbocycles. The van der Waals surface area contributed by atoms with Crippen molar-refractivity contribution in [1.29, 1.82) is 0 Å². The van der Waals surface area contributed by atoms with E-state index in [2.05, 4.69) is 45.3 Å². The second kappa shape index (κ2) is 5.59. The molecule has 0 bridgehead atoms. The van der Waals surface area contributed by atoms with Crippen LogP contribution in [0.15, 0.2) is 12.1 Å². The van der Waals surface area contributed by atoms with Gasteiger partial charge in [-0.05, 0) is 37.0 Å². The molecule has 1 heterocycles. The third kappa shape index (κ3) is 3.15. The number of alkyl halides is 1. The Morgan fingerprint density at radius 2 is 2.05 bits per heavy atom. The van der Waals surface area contributed by atoms with Crippen LogP contribution in [0, 0.1) is 19.8 Å². The molecule has 0 radical (unpaired) electrons. The molecule has 1 aromatic carbocycles. The van der Waals surface area contributed by atoms with Gasteiger partial charge >= 0.3 is 0 Å². The van der Waals surface area contributed by atoms with E-state index in [0.29, 0.717) is 5.13 Å². The molecule has 2 rings (SSSR count). The minimum Gasteiger partial charge on any atom is -0.301 e. The second-order valence-electron chi connectivity index (χ2n) is 5.08. The largest absolute Gasteiger partial charge is 0.301 e. The lowest BCUT2D eigenvalue weighted by Crippen LogP contribution is -2.26. The molecular formula is C14H17BrN2OS. The van der Waals surface area contributed by atoms with Crippen molar-refractivity contribution in [2.24, 2.45) is 5.92 Å². The molecule has 0 aliphatic heterocycles. The molecule has 102 valence electrons. The first-order chi connectivity index (χ1) is 8.88. The summed E-state index contributed by atoms with van der Waals surface area (Å²) in [4.78, 5) is 16.3. The predicted octanol–water partition coefficient (Wildman–Crippen LogP) is 4.27. The lowest BCUT2D eigenvalue weighted by molar-refractivity contribution is -0.116. The number of aryl methyl sites for hydroxylation is 2. The zero-order valence-corrected chi connectivity index (χ0v) is 13.9. The number of amides is 1. The Morgan fingerprint density at radius 1 is 1.37 bits per heavy atom. The Kier molecular flexibility index (Phi) is 4.26. The molecule has 0 unspecified atom stereocenters. The zero-order valence-electron chi connectivity index (χ0n) is 11.5. The summed E-state index contributed by atoms with van der Waals surface area (Å²) in [6.45, 7) is 8.12. The fourth-order valence-electron chi connectivity index (χ4n) is 1.90. The second-order valence-corrected chi connectivity index (χ2v) is 7.10. The van der Waals surface area contributed by atoms with Crippen molar-refractivity contribution in [3.05, 3.63) is 23.3 Å². The molecule has 0 saturated heterocycles. The van der Waals surface area contributed by atoms with Crippen molar-refractivity contribution >= 4 is 48.5 Å². The van der Waals surface area contributed by atoms with Gasteiger partial charge in [0.1, 0.15) is 0 Å². The van der Waals surface area contributed by atoms with Gasteiger partial charge in [-0.2, -0.15) is 0 Å². The van der Waals surface area contributed by atoms with E-state index in [1.165, 1.54) is 16.9 Å². The molecule has 5 heteroatoms. The van der Waals surface area contributed by atoms with Crippen LogP contribution in [0.2, 0.25) is 0 Å². The fourth-order valence-corrected chi connectivity index (χ4v) is 3.06. The number of hydrogen-bond acceptors (Lipinski definition) is 3. The highest BCUT2D eigenvalue weighted by atomic mass is 79.9. The highest BCUT2D eigenvalue weighted by molar-refractivity contribution is 9.10. The molecule has 2 aromatic rings. The van der Waals surface area contributed by atoms with Gasteiger partial charge in [0, 0.05) is 0 Å². The first-order valence-electron chi connectivity index (χ1n) is 6.21. The van der Waals surface area contributed by atoms with Crippen molar-refractivity contribution in [3.63, 3.8) is 0 Å². The lowest BCUT2D eigenvalue weighted by atomic mass is 10.1. The predicted molar refractivity (Wildman–Crippen MR) is 85.3 cm³/mol. The first kappa shape index (κ1) is 14.5. The first-order valence-corrected chi connectivity index (χ1v) is 7.94. The Labute approximate surface area is 125 Å². The number of aromatic nitrogens is 1. The molecule has 0 spiro atoms. The Morgan fingerprint density at radius 3 is 2.68 bits per heavy atom. The van der Waals surface area contributed by atoms with E-state index in [1.54, 1.807) is 0 Å². The van der Waals surface area contributed by atoms with Gasteiger partial charge < -0.3 is 5.32 Å². The van der Waals surface area contributed by atoms with Crippen LogP contribution in [0.1, 0.15) is 25.0 Å². The van der Waals surface area contributed by atoms with E-state index in [-0.39, 0.29) is 16.7 Å². The number of anilines is 1. The highest BCUT2D eigenvalue weighted by Crippen LogP contribution is 2.29. The van der Waals surface area contributed by atoms with E-state index in [9.17, 15) is 4.79 Å². The maximum absolute atomic E-state index is 12.0. The van der Waals surface area contributed by atoms with Crippen LogP contribution in [0.3, 0.4) is 0 Å². The minimum atomic E-state index is -0.192. The van der Waals surface area contributed by atoms with Crippen molar-refractivity contribution in [1.82, 2.24) is 4.98 Å². The molecule has 1 N–H and O–H groups in total. The van der Waals surface area contributed by atoms with Crippen molar-refractivity contribution in [2.75, 3.05) is 5.32 Å². The SMILES string of the molecule is Cc1cc(C)c2nc(NC(=O)[C@H](Br)C(C)C)sc2c1. The summed E-state index contributed by atoms with van der Waals surface area (Å²) in [5.41, 5.74) is 3.33. The molecule has 0 saturated carbocycles. The lowest BCUT2D eigenvalue weighted by Gasteiger charge is -2.11. The monoisotopic (exact) mass is 340 g/mol. The average Bonchev–Trinajstić information content (AvgIpc) is 2.70. The molecule has 3 nitrogen and oxygen atoms in total. The Hall–Kier alpha value is -0.940. The van der Waals surface area contributed by atoms with Crippen LogP contribution in [-0.2, 0) is 4.79 Å². The van der Waals surface area contributed by atoms with Gasteiger partial charge in [-0.15, -0.1) is 0 Å². The Balaban J connectivity index is 2.27. The van der Waals surface area contributed by atoms with Crippen LogP contribution < -0.4 is 5.32 Å². The number of nitrogens with zero attached hydrogens (tertiary/aromatic N) is 1. The van der Waals surface area contributed by atoms with Crippen LogP contribution in [0.25, 0.3) is 10.2 Å². The molecule has 1 amide bonds. The summed E-state index contributed by atoms with van der Waals surface area (Å²) >= 11 is 4.92. The standard InChI is InChI=1S/C14H17BrN2OS/c1-7(2)11(15)13(18)17-14-16-12-9(4)5-8(3)6-10(12)19-14/h5-7,11H,1-4H3,(H,16,17,18)/t11-/m1/s1. The summed E-state index contributed by atoms with van der Waals surface area (Å²) in [6.07, 6.45) is 0. The summed E-state index contributed by atoms with van der Waals surface area (Å²) in [5, 5.41) is 3.55. The van der Waals surface area contributed by atoms with Gasteiger partial charge in [-0.3, -0.25) is 4.79 Å². The number of halogens is 1. The Bertz CT molecular complexity index is 621. The zero-order chi connectivity index (χ0) is 14.2. The molecular weight excluding hydrogens is 324 g/mol. The van der Waals surface area contributed by atoms with Crippen molar-refractivity contribution < 1.29 is 4.79 Å². The summed E-state index contributed by atoms with van der Waals surface area (Å²) in [7, 11) is 0. The maximum Gasteiger partial charge on any atom is 0.240 e. The van der Waals surface area contributed by atoms with Crippen molar-refractivity contribution in [3.8, 4) is 0 Å². The average molecular weight is 341 g/mol. The number of nitrogens with one attached hydrogen (secondary N) is 1. The third-order valence-electron chi connectivity index (χ3n) is 2.90. The van der Waals surface area contributed by atoms with Gasteiger partial charge in [0.15, 0.2) is 5.13 Å². The highest BCUT2D eigenvalue weighted by Gasteiger charge is 2.20. The van der Waals surface area contributed by atoms with E-state index in [1.807, 2.05) is 20.8 Å². The van der Waals surface area contributed by atoms with Gasteiger partial charge in [-0.1, -0.05) is 47.2 Å². The fraction of sp³-hybridized carbons (Fsp3) is 0.429. The van der Waals surface area contributed by atoms with Crippen LogP contribution in [0.5, 0.6) is 0 Å². The van der Waals surface area contributed by atoms with Gasteiger partial charge in [0.25, 0.3) is 0 Å². The van der Waals surface area contributed by atoms with Crippen LogP contribution >= 0.6 is 27.3 Å². The summed E-state index contributed by atoms with van der Waals surface area (Å²) in [6, 6.07) is 4.21. The topological polar surface area (TPSA) is 42.0 Å². The van der Waals surface area contributed by atoms with Gasteiger partial charge in [-0.25, -0.2) is 4.98 Å². The number of hydrogen-bond donors (Lipinski definition) is 1. The third-order valence-corrected chi connectivity index (χ3v) is 5.29. The van der Waals surface area contributed by atoms with Gasteiger partial charge in [0.2, 0.25) is 5.91 Å². The van der Waals surface area contributed by atoms with Crippen molar-refractivity contribution in [2.45, 2.75) is 32.5 Å². The van der Waals surface area contributed by atoms with Crippen LogP contribution in [-0.4, -0.2) is 15.7 Å². The van der Waals surface area contributed by atoms with E-state index < -0.39 is 0 Å². The smallest absolute Gasteiger partial charge is 0.240 e. The molecule has 1 aromatic heterocycles. The van der Waals surface area contributed by atoms with Crippen LogP contribution in [0.4, 0.5) is 5.13 Å². The molecule has 0 fully saturated rings.